The highest BCUT2D eigenvalue weighted by Crippen LogP contribution is 2.30. The fourth-order valence-electron chi connectivity index (χ4n) is 2.98. The van der Waals surface area contributed by atoms with Gasteiger partial charge in [0.1, 0.15) is 18.1 Å². The summed E-state index contributed by atoms with van der Waals surface area (Å²) in [5, 5.41) is 9.30. The Labute approximate surface area is 184 Å². The summed E-state index contributed by atoms with van der Waals surface area (Å²) >= 11 is 0. The van der Waals surface area contributed by atoms with Crippen LogP contribution in [0, 0.1) is 5.92 Å². The van der Waals surface area contributed by atoms with E-state index in [0.29, 0.717) is 25.4 Å². The molecule has 3 rings (SSSR count). The highest BCUT2D eigenvalue weighted by atomic mass is 16.5. The van der Waals surface area contributed by atoms with E-state index in [1.165, 1.54) is 19.8 Å². The molecule has 1 fully saturated rings. The molecular weight excluding hydrogens is 392 g/mol. The molecule has 3 N–H and O–H groups in total. The second-order valence-corrected chi connectivity index (χ2v) is 7.54. The fourth-order valence-corrected chi connectivity index (χ4v) is 2.98. The van der Waals surface area contributed by atoms with Gasteiger partial charge in [0.05, 0.1) is 19.7 Å². The van der Waals surface area contributed by atoms with Gasteiger partial charge in [0.15, 0.2) is 5.96 Å². The number of nitrogens with one attached hydrogen (secondary N) is 3. The summed E-state index contributed by atoms with van der Waals surface area (Å²) in [5.41, 5.74) is 1.79. The Morgan fingerprint density at radius 3 is 2.71 bits per heavy atom. The molecule has 7 nitrogen and oxygen atoms in total. The van der Waals surface area contributed by atoms with Crippen LogP contribution in [0.1, 0.15) is 32.3 Å². The Hall–Kier alpha value is -3.22. The number of nitrogens with zero attached hydrogens (tertiary/aromatic N) is 1. The minimum absolute atomic E-state index is 0.107. The maximum absolute atomic E-state index is 11.2. The number of guanidine groups is 1. The van der Waals surface area contributed by atoms with Crippen LogP contribution in [-0.4, -0.2) is 38.2 Å². The Morgan fingerprint density at radius 2 is 1.94 bits per heavy atom. The monoisotopic (exact) mass is 424 g/mol. The van der Waals surface area contributed by atoms with Gasteiger partial charge in [0.2, 0.25) is 5.91 Å². The number of hydrogen-bond acceptors (Lipinski definition) is 4. The summed E-state index contributed by atoms with van der Waals surface area (Å²) < 4.78 is 11.8. The van der Waals surface area contributed by atoms with Gasteiger partial charge in [-0.3, -0.25) is 4.79 Å². The summed E-state index contributed by atoms with van der Waals surface area (Å²) in [6.07, 6.45) is 2.54. The average Bonchev–Trinajstić information content (AvgIpc) is 3.58. The van der Waals surface area contributed by atoms with Gasteiger partial charge in [-0.1, -0.05) is 24.3 Å². The number of hydrogen-bond donors (Lipinski definition) is 3. The number of amides is 1. The van der Waals surface area contributed by atoms with Crippen molar-refractivity contribution in [2.75, 3.05) is 31.6 Å². The van der Waals surface area contributed by atoms with Crippen LogP contribution in [0.3, 0.4) is 0 Å². The zero-order valence-electron chi connectivity index (χ0n) is 18.3. The van der Waals surface area contributed by atoms with E-state index in [2.05, 4.69) is 27.0 Å². The molecule has 0 aromatic heterocycles. The number of ether oxygens (including phenoxy) is 2. The molecule has 1 saturated carbocycles. The Morgan fingerprint density at radius 1 is 1.10 bits per heavy atom. The zero-order valence-corrected chi connectivity index (χ0v) is 18.3. The van der Waals surface area contributed by atoms with Gasteiger partial charge in [-0.2, -0.15) is 0 Å². The molecule has 2 aromatic rings. The van der Waals surface area contributed by atoms with Crippen LogP contribution >= 0.6 is 0 Å². The van der Waals surface area contributed by atoms with Crippen molar-refractivity contribution in [1.29, 1.82) is 0 Å². The zero-order chi connectivity index (χ0) is 21.9. The van der Waals surface area contributed by atoms with E-state index < -0.39 is 0 Å². The second kappa shape index (κ2) is 11.8. The molecule has 1 aliphatic rings. The van der Waals surface area contributed by atoms with Crippen molar-refractivity contribution in [3.8, 4) is 11.5 Å². The van der Waals surface area contributed by atoms with Gasteiger partial charge in [0, 0.05) is 30.8 Å². The Bertz CT molecular complexity index is 881. The molecule has 166 valence electrons. The number of aliphatic imine (C=N–C) groups is 1. The van der Waals surface area contributed by atoms with Gasteiger partial charge >= 0.3 is 0 Å². The van der Waals surface area contributed by atoms with E-state index in [4.69, 9.17) is 9.47 Å². The molecule has 0 saturated heterocycles. The van der Waals surface area contributed by atoms with Gasteiger partial charge < -0.3 is 25.4 Å². The number of anilines is 1. The second-order valence-electron chi connectivity index (χ2n) is 7.54. The van der Waals surface area contributed by atoms with Gasteiger partial charge in [-0.15, -0.1) is 0 Å². The number of carbonyl (C=O) groups excluding carboxylic acids is 1. The number of rotatable bonds is 11. The van der Waals surface area contributed by atoms with Crippen LogP contribution in [0.25, 0.3) is 0 Å². The maximum atomic E-state index is 11.2. The molecule has 0 spiro atoms. The van der Waals surface area contributed by atoms with Gasteiger partial charge in [0.25, 0.3) is 0 Å². The summed E-state index contributed by atoms with van der Waals surface area (Å²) in [6, 6.07) is 15.4. The standard InChI is InChI=1S/C24H32N4O3/c1-3-25-24(26-13-14-30-22-9-6-8-21(15-22)28-18(2)29)27-16-20-7-4-5-10-23(20)31-17-19-11-12-19/h4-10,15,19H,3,11-14,16-17H2,1-2H3,(H,28,29)(H2,25,26,27). The van der Waals surface area contributed by atoms with Crippen molar-refractivity contribution >= 4 is 17.6 Å². The summed E-state index contributed by atoms with van der Waals surface area (Å²) in [4.78, 5) is 15.9. The smallest absolute Gasteiger partial charge is 0.221 e. The highest BCUT2D eigenvalue weighted by molar-refractivity contribution is 5.88. The van der Waals surface area contributed by atoms with Crippen molar-refractivity contribution in [3.05, 3.63) is 54.1 Å². The van der Waals surface area contributed by atoms with Crippen molar-refractivity contribution in [2.45, 2.75) is 33.2 Å². The first-order chi connectivity index (χ1) is 15.1. The van der Waals surface area contributed by atoms with Crippen molar-refractivity contribution in [3.63, 3.8) is 0 Å². The lowest BCUT2D eigenvalue weighted by molar-refractivity contribution is -0.114. The van der Waals surface area contributed by atoms with E-state index >= 15 is 0 Å². The predicted octanol–water partition coefficient (Wildman–Crippen LogP) is 3.57. The van der Waals surface area contributed by atoms with Crippen molar-refractivity contribution in [1.82, 2.24) is 10.6 Å². The molecule has 2 aromatic carbocycles. The van der Waals surface area contributed by atoms with E-state index in [-0.39, 0.29) is 5.91 Å². The lowest BCUT2D eigenvalue weighted by Gasteiger charge is -2.14. The highest BCUT2D eigenvalue weighted by Gasteiger charge is 2.22. The van der Waals surface area contributed by atoms with Crippen molar-refractivity contribution in [2.24, 2.45) is 10.9 Å². The third kappa shape index (κ3) is 8.20. The molecule has 0 bridgehead atoms. The number of para-hydroxylation sites is 1. The lowest BCUT2D eigenvalue weighted by atomic mass is 10.2. The van der Waals surface area contributed by atoms with Gasteiger partial charge in [-0.05, 0) is 43.9 Å². The minimum atomic E-state index is -0.107. The largest absolute Gasteiger partial charge is 0.493 e. The van der Waals surface area contributed by atoms with Crippen LogP contribution in [0.5, 0.6) is 11.5 Å². The minimum Gasteiger partial charge on any atom is -0.493 e. The summed E-state index contributed by atoms with van der Waals surface area (Å²) in [5.74, 6) is 2.96. The van der Waals surface area contributed by atoms with Gasteiger partial charge in [-0.25, -0.2) is 4.99 Å². The molecule has 0 radical (unpaired) electrons. The van der Waals surface area contributed by atoms with E-state index in [1.54, 1.807) is 6.07 Å². The normalized spacial score (nSPS) is 13.4. The van der Waals surface area contributed by atoms with E-state index in [1.807, 2.05) is 43.3 Å². The molecule has 31 heavy (non-hydrogen) atoms. The van der Waals surface area contributed by atoms with Crippen LogP contribution in [0.15, 0.2) is 53.5 Å². The third-order valence-corrected chi connectivity index (χ3v) is 4.71. The molecule has 0 heterocycles. The molecular formula is C24H32N4O3. The van der Waals surface area contributed by atoms with E-state index in [9.17, 15) is 4.79 Å². The average molecular weight is 425 g/mol. The molecule has 0 atom stereocenters. The van der Waals surface area contributed by atoms with E-state index in [0.717, 1.165) is 42.0 Å². The first-order valence-electron chi connectivity index (χ1n) is 10.9. The third-order valence-electron chi connectivity index (χ3n) is 4.71. The quantitative estimate of drug-likeness (QED) is 0.292. The Balaban J connectivity index is 1.48. The van der Waals surface area contributed by atoms with Crippen LogP contribution in [-0.2, 0) is 11.3 Å². The molecule has 1 amide bonds. The number of benzene rings is 2. The molecule has 7 heteroatoms. The van der Waals surface area contributed by atoms with Crippen LogP contribution in [0.2, 0.25) is 0 Å². The fraction of sp³-hybridized carbons (Fsp3) is 0.417. The SMILES string of the molecule is CCNC(=NCc1ccccc1OCC1CC1)NCCOc1cccc(NC(C)=O)c1. The van der Waals surface area contributed by atoms with Crippen LogP contribution in [0.4, 0.5) is 5.69 Å². The summed E-state index contributed by atoms with van der Waals surface area (Å²) in [6.45, 7) is 6.68. The molecule has 0 unspecified atom stereocenters. The van der Waals surface area contributed by atoms with Crippen molar-refractivity contribution < 1.29 is 14.3 Å². The maximum Gasteiger partial charge on any atom is 0.221 e. The lowest BCUT2D eigenvalue weighted by Crippen LogP contribution is -2.39. The predicted molar refractivity (Wildman–Crippen MR) is 124 cm³/mol. The number of carbonyl (C=O) groups is 1. The first-order valence-corrected chi connectivity index (χ1v) is 10.9. The first kappa shape index (κ1) is 22.5. The molecule has 1 aliphatic carbocycles. The Kier molecular flexibility index (Phi) is 8.58. The molecule has 0 aliphatic heterocycles. The van der Waals surface area contributed by atoms with Crippen LogP contribution < -0.4 is 25.4 Å². The summed E-state index contributed by atoms with van der Waals surface area (Å²) in [7, 11) is 0. The topological polar surface area (TPSA) is 84.0 Å².